The number of nitrogens with one attached hydrogen (secondary N) is 2. The summed E-state index contributed by atoms with van der Waals surface area (Å²) in [6, 6.07) is 15.1. The molecule has 0 spiro atoms. The van der Waals surface area contributed by atoms with E-state index >= 15 is 0 Å². The Labute approximate surface area is 208 Å². The zero-order valence-electron chi connectivity index (χ0n) is 20.2. The second-order valence-corrected chi connectivity index (χ2v) is 11.3. The number of piperidine rings is 1. The Morgan fingerprint density at radius 2 is 1.57 bits per heavy atom. The third kappa shape index (κ3) is 8.52. The molecule has 0 radical (unpaired) electrons. The number of nitrogens with zero attached hydrogens (tertiary/aromatic N) is 1. The number of rotatable bonds is 9. The van der Waals surface area contributed by atoms with Crippen LogP contribution < -0.4 is 14.8 Å². The average Bonchev–Trinajstić information content (AvgIpc) is 2.82. The average molecular weight is 502 g/mol. The fourth-order valence-corrected chi connectivity index (χ4v) is 5.16. The molecule has 35 heavy (non-hydrogen) atoms. The summed E-state index contributed by atoms with van der Waals surface area (Å²) in [5, 5.41) is 3.24. The Balaban J connectivity index is 1.18. The highest BCUT2D eigenvalue weighted by Gasteiger charge is 2.23. The van der Waals surface area contributed by atoms with Crippen LogP contribution in [-0.2, 0) is 26.1 Å². The van der Waals surface area contributed by atoms with E-state index in [9.17, 15) is 13.2 Å². The second kappa shape index (κ2) is 11.9. The van der Waals surface area contributed by atoms with Gasteiger partial charge in [0.05, 0.1) is 6.26 Å². The third-order valence-corrected chi connectivity index (χ3v) is 7.10. The lowest BCUT2D eigenvalue weighted by molar-refractivity contribution is -0.123. The van der Waals surface area contributed by atoms with Crippen molar-refractivity contribution in [2.75, 3.05) is 37.3 Å². The summed E-state index contributed by atoms with van der Waals surface area (Å²) < 4.78 is 36.3. The topological polar surface area (TPSA) is 97.0 Å². The summed E-state index contributed by atoms with van der Waals surface area (Å²) in [6.45, 7) is 4.36. The summed E-state index contributed by atoms with van der Waals surface area (Å²) in [4.78, 5) is 14.8. The summed E-state index contributed by atoms with van der Waals surface area (Å²) in [6.07, 6.45) is 5.68. The van der Waals surface area contributed by atoms with Gasteiger partial charge in [0.25, 0.3) is 0 Å². The van der Waals surface area contributed by atoms with Gasteiger partial charge in [-0.05, 0) is 73.6 Å². The zero-order chi connectivity index (χ0) is 24.7. The van der Waals surface area contributed by atoms with Crippen molar-refractivity contribution in [1.82, 2.24) is 10.2 Å². The lowest BCUT2D eigenvalue weighted by Crippen LogP contribution is -2.44. The predicted octanol–water partition coefficient (Wildman–Crippen LogP) is 3.75. The van der Waals surface area contributed by atoms with Gasteiger partial charge in [0.2, 0.25) is 15.9 Å². The van der Waals surface area contributed by atoms with Gasteiger partial charge in [0.15, 0.2) is 0 Å². The summed E-state index contributed by atoms with van der Waals surface area (Å²) in [5.41, 5.74) is 1.71. The van der Waals surface area contributed by atoms with Gasteiger partial charge >= 0.3 is 0 Å². The van der Waals surface area contributed by atoms with Gasteiger partial charge in [-0.1, -0.05) is 12.1 Å². The van der Waals surface area contributed by atoms with Crippen LogP contribution in [0.25, 0.3) is 0 Å². The van der Waals surface area contributed by atoms with Crippen molar-refractivity contribution in [3.05, 3.63) is 54.1 Å². The first-order chi connectivity index (χ1) is 16.8. The molecule has 4 rings (SSSR count). The maximum absolute atomic E-state index is 12.4. The molecule has 2 aliphatic rings. The number of likely N-dealkylation sites (tertiary alicyclic amines) is 1. The molecule has 9 heteroatoms. The van der Waals surface area contributed by atoms with Crippen molar-refractivity contribution in [2.24, 2.45) is 5.92 Å². The fourth-order valence-electron chi connectivity index (χ4n) is 4.60. The second-order valence-electron chi connectivity index (χ2n) is 9.52. The molecule has 0 bridgehead atoms. The molecular formula is C26H35N3O5S. The molecule has 2 aromatic rings. The molecule has 1 amide bonds. The lowest BCUT2D eigenvalue weighted by Gasteiger charge is -2.32. The van der Waals surface area contributed by atoms with Gasteiger partial charge < -0.3 is 14.8 Å². The maximum Gasteiger partial charge on any atom is 0.229 e. The number of carbonyl (C=O) groups excluding carboxylic acids is 1. The van der Waals surface area contributed by atoms with E-state index in [1.807, 2.05) is 12.1 Å². The van der Waals surface area contributed by atoms with Crippen LogP contribution >= 0.6 is 0 Å². The Bertz CT molecular complexity index is 1060. The van der Waals surface area contributed by atoms with Gasteiger partial charge in [-0.25, -0.2) is 8.42 Å². The van der Waals surface area contributed by atoms with Crippen LogP contribution in [0.15, 0.2) is 48.5 Å². The molecule has 2 fully saturated rings. The first kappa shape index (κ1) is 25.5. The Kier molecular flexibility index (Phi) is 8.64. The van der Waals surface area contributed by atoms with Crippen molar-refractivity contribution in [1.29, 1.82) is 0 Å². The van der Waals surface area contributed by atoms with Crippen LogP contribution in [0.4, 0.5) is 5.69 Å². The van der Waals surface area contributed by atoms with E-state index in [4.69, 9.17) is 9.47 Å². The Morgan fingerprint density at radius 1 is 0.971 bits per heavy atom. The molecular weight excluding hydrogens is 466 g/mol. The van der Waals surface area contributed by atoms with Crippen LogP contribution in [0.1, 0.15) is 37.7 Å². The fraction of sp³-hybridized carbons (Fsp3) is 0.500. The standard InChI is InChI=1S/C26H35N3O5S/c1-35(31,32)28-23-4-8-25(9-5-23)34-24-6-2-21(3-7-24)19-29-14-10-22(11-15-29)27-26(30)18-20-12-16-33-17-13-20/h2-9,20,22,28H,10-19H2,1H3,(H,27,30). The van der Waals surface area contributed by atoms with Gasteiger partial charge in [0, 0.05) is 51.0 Å². The Hall–Kier alpha value is -2.62. The molecule has 0 saturated carbocycles. The molecule has 0 aromatic heterocycles. The van der Waals surface area contributed by atoms with Crippen molar-refractivity contribution in [3.8, 4) is 11.5 Å². The van der Waals surface area contributed by atoms with Crippen molar-refractivity contribution in [2.45, 2.75) is 44.7 Å². The first-order valence-electron chi connectivity index (χ1n) is 12.3. The summed E-state index contributed by atoms with van der Waals surface area (Å²) in [5.74, 6) is 2.01. The van der Waals surface area contributed by atoms with Crippen LogP contribution in [0.5, 0.6) is 11.5 Å². The van der Waals surface area contributed by atoms with Crippen molar-refractivity contribution >= 4 is 21.6 Å². The molecule has 2 N–H and O–H groups in total. The van der Waals surface area contributed by atoms with Crippen molar-refractivity contribution in [3.63, 3.8) is 0 Å². The minimum atomic E-state index is -3.30. The minimum absolute atomic E-state index is 0.187. The number of sulfonamides is 1. The van der Waals surface area contributed by atoms with E-state index in [2.05, 4.69) is 27.1 Å². The summed E-state index contributed by atoms with van der Waals surface area (Å²) in [7, 11) is -3.30. The van der Waals surface area contributed by atoms with Crippen LogP contribution in [0, 0.1) is 5.92 Å². The van der Waals surface area contributed by atoms with Crippen LogP contribution in [0.3, 0.4) is 0 Å². The van der Waals surface area contributed by atoms with Crippen molar-refractivity contribution < 1.29 is 22.7 Å². The van der Waals surface area contributed by atoms with E-state index in [0.717, 1.165) is 70.5 Å². The molecule has 8 nitrogen and oxygen atoms in total. The molecule has 0 aliphatic carbocycles. The monoisotopic (exact) mass is 501 g/mol. The molecule has 0 atom stereocenters. The normalized spacial score (nSPS) is 18.2. The SMILES string of the molecule is CS(=O)(=O)Nc1ccc(Oc2ccc(CN3CCC(NC(=O)CC4CCOCC4)CC3)cc2)cc1. The number of hydrogen-bond acceptors (Lipinski definition) is 6. The predicted molar refractivity (Wildman–Crippen MR) is 136 cm³/mol. The molecule has 0 unspecified atom stereocenters. The number of benzene rings is 2. The van der Waals surface area contributed by atoms with Gasteiger partial charge in [-0.3, -0.25) is 14.4 Å². The van der Waals surface area contributed by atoms with E-state index in [-0.39, 0.29) is 11.9 Å². The quantitative estimate of drug-likeness (QED) is 0.543. The van der Waals surface area contributed by atoms with Gasteiger partial charge in [0.1, 0.15) is 11.5 Å². The highest BCUT2D eigenvalue weighted by Crippen LogP contribution is 2.25. The third-order valence-electron chi connectivity index (χ3n) is 6.49. The smallest absolute Gasteiger partial charge is 0.229 e. The Morgan fingerprint density at radius 3 is 2.17 bits per heavy atom. The van der Waals surface area contributed by atoms with E-state index in [0.29, 0.717) is 23.8 Å². The van der Waals surface area contributed by atoms with E-state index < -0.39 is 10.0 Å². The highest BCUT2D eigenvalue weighted by atomic mass is 32.2. The van der Waals surface area contributed by atoms with Gasteiger partial charge in [-0.15, -0.1) is 0 Å². The van der Waals surface area contributed by atoms with E-state index in [1.165, 1.54) is 5.56 Å². The largest absolute Gasteiger partial charge is 0.457 e. The zero-order valence-corrected chi connectivity index (χ0v) is 21.1. The number of ether oxygens (including phenoxy) is 2. The van der Waals surface area contributed by atoms with Gasteiger partial charge in [-0.2, -0.15) is 0 Å². The van der Waals surface area contributed by atoms with Crippen LogP contribution in [-0.4, -0.2) is 57.8 Å². The first-order valence-corrected chi connectivity index (χ1v) is 14.2. The molecule has 2 aliphatic heterocycles. The molecule has 2 heterocycles. The van der Waals surface area contributed by atoms with E-state index in [1.54, 1.807) is 24.3 Å². The number of anilines is 1. The number of carbonyl (C=O) groups is 1. The maximum atomic E-state index is 12.4. The summed E-state index contributed by atoms with van der Waals surface area (Å²) >= 11 is 0. The minimum Gasteiger partial charge on any atom is -0.457 e. The number of amides is 1. The lowest BCUT2D eigenvalue weighted by atomic mass is 9.95. The van der Waals surface area contributed by atoms with Crippen LogP contribution in [0.2, 0.25) is 0 Å². The highest BCUT2D eigenvalue weighted by molar-refractivity contribution is 7.92. The molecule has 2 saturated heterocycles. The molecule has 190 valence electrons. The molecule has 2 aromatic carbocycles. The number of hydrogen-bond donors (Lipinski definition) is 2.